The lowest BCUT2D eigenvalue weighted by molar-refractivity contribution is -0.114. The highest BCUT2D eigenvalue weighted by molar-refractivity contribution is 7.92. The van der Waals surface area contributed by atoms with E-state index in [4.69, 9.17) is 0 Å². The number of rotatable bonds is 9. The van der Waals surface area contributed by atoms with Gasteiger partial charge < -0.3 is 5.32 Å². The predicted molar refractivity (Wildman–Crippen MR) is 149 cm³/mol. The Bertz CT molecular complexity index is 1430. The van der Waals surface area contributed by atoms with Gasteiger partial charge in [-0.1, -0.05) is 50.1 Å². The van der Waals surface area contributed by atoms with Gasteiger partial charge in [0.2, 0.25) is 15.9 Å². The van der Waals surface area contributed by atoms with Gasteiger partial charge in [0.25, 0.3) is 10.0 Å². The third-order valence-corrected chi connectivity index (χ3v) is 10.3. The lowest BCUT2D eigenvalue weighted by Crippen LogP contribution is -2.38. The number of carbonyl (C=O) groups excluding carboxylic acids is 1. The second-order valence-electron chi connectivity index (χ2n) is 9.24. The quantitative estimate of drug-likeness (QED) is 0.414. The zero-order valence-electron chi connectivity index (χ0n) is 21.4. The van der Waals surface area contributed by atoms with Crippen molar-refractivity contribution < 1.29 is 21.6 Å². The average molecular weight is 556 g/mol. The van der Waals surface area contributed by atoms with Gasteiger partial charge in [0.05, 0.1) is 15.5 Å². The van der Waals surface area contributed by atoms with Crippen molar-refractivity contribution in [2.75, 3.05) is 29.3 Å². The normalized spacial score (nSPS) is 15.0. The summed E-state index contributed by atoms with van der Waals surface area (Å²) in [4.78, 5) is 13.3. The van der Waals surface area contributed by atoms with E-state index in [0.717, 1.165) is 42.0 Å². The van der Waals surface area contributed by atoms with Crippen molar-refractivity contribution in [1.82, 2.24) is 4.31 Å². The van der Waals surface area contributed by atoms with E-state index in [-0.39, 0.29) is 9.79 Å². The molecule has 0 radical (unpaired) electrons. The van der Waals surface area contributed by atoms with E-state index in [9.17, 15) is 21.6 Å². The molecule has 8 nitrogen and oxygen atoms in total. The van der Waals surface area contributed by atoms with Gasteiger partial charge in [-0.2, -0.15) is 4.31 Å². The average Bonchev–Trinajstić information content (AvgIpc) is 3.23. The highest BCUT2D eigenvalue weighted by Gasteiger charge is 2.28. The number of hydrogen-bond acceptors (Lipinski definition) is 5. The fourth-order valence-corrected chi connectivity index (χ4v) is 7.36. The van der Waals surface area contributed by atoms with Crippen molar-refractivity contribution in [1.29, 1.82) is 0 Å². The van der Waals surface area contributed by atoms with Crippen molar-refractivity contribution in [3.63, 3.8) is 0 Å². The molecule has 0 spiro atoms. The highest BCUT2D eigenvalue weighted by atomic mass is 32.2. The standard InChI is InChI=1S/C28H33N3O5S2/c1-2-23-12-16-25(17-13-23)31(38(35,36)26-10-6-5-7-11-26)22-28(32)29-24-14-18-27(19-15-24)37(33,34)30-20-8-3-4-9-21-30/h5-7,10-19H,2-4,8-9,20-22H2,1H3,(H,29,32). The van der Waals surface area contributed by atoms with E-state index < -0.39 is 32.5 Å². The van der Waals surface area contributed by atoms with Crippen LogP contribution in [0.5, 0.6) is 0 Å². The van der Waals surface area contributed by atoms with Gasteiger partial charge in [0.15, 0.2) is 0 Å². The molecule has 1 heterocycles. The lowest BCUT2D eigenvalue weighted by Gasteiger charge is -2.24. The first-order chi connectivity index (χ1) is 18.2. The second-order valence-corrected chi connectivity index (χ2v) is 13.0. The van der Waals surface area contributed by atoms with E-state index in [2.05, 4.69) is 5.32 Å². The zero-order chi connectivity index (χ0) is 27.2. The molecule has 1 aliphatic rings. The lowest BCUT2D eigenvalue weighted by atomic mass is 10.1. The van der Waals surface area contributed by atoms with E-state index in [1.807, 2.05) is 19.1 Å². The Kier molecular flexibility index (Phi) is 8.86. The summed E-state index contributed by atoms with van der Waals surface area (Å²) in [6.45, 7) is 2.57. The molecule has 202 valence electrons. The van der Waals surface area contributed by atoms with Crippen molar-refractivity contribution in [2.45, 2.75) is 48.8 Å². The van der Waals surface area contributed by atoms with Gasteiger partial charge in [0, 0.05) is 18.8 Å². The molecule has 3 aromatic carbocycles. The second kappa shape index (κ2) is 12.1. The van der Waals surface area contributed by atoms with E-state index in [1.165, 1.54) is 40.7 Å². The van der Waals surface area contributed by atoms with Gasteiger partial charge in [-0.05, 0) is 73.4 Å². The van der Waals surface area contributed by atoms with Gasteiger partial charge in [-0.15, -0.1) is 0 Å². The summed E-state index contributed by atoms with van der Waals surface area (Å²) in [6, 6.07) is 21.0. The Labute approximate surface area is 225 Å². The molecule has 38 heavy (non-hydrogen) atoms. The third kappa shape index (κ3) is 6.43. The number of sulfonamides is 2. The maximum absolute atomic E-state index is 13.5. The smallest absolute Gasteiger partial charge is 0.264 e. The summed E-state index contributed by atoms with van der Waals surface area (Å²) in [6.07, 6.45) is 4.54. The minimum Gasteiger partial charge on any atom is -0.325 e. The molecule has 0 aliphatic carbocycles. The van der Waals surface area contributed by atoms with Crippen molar-refractivity contribution in [3.05, 3.63) is 84.4 Å². The van der Waals surface area contributed by atoms with Crippen LogP contribution in [0.3, 0.4) is 0 Å². The Hall–Kier alpha value is -3.21. The third-order valence-electron chi connectivity index (χ3n) is 6.59. The first kappa shape index (κ1) is 27.8. The monoisotopic (exact) mass is 555 g/mol. The molecular formula is C28H33N3O5S2. The number of carbonyl (C=O) groups is 1. The molecule has 1 saturated heterocycles. The van der Waals surface area contributed by atoms with Crippen molar-refractivity contribution in [3.8, 4) is 0 Å². The number of nitrogens with zero attached hydrogens (tertiary/aromatic N) is 2. The fraction of sp³-hybridized carbons (Fsp3) is 0.321. The van der Waals surface area contributed by atoms with Crippen LogP contribution >= 0.6 is 0 Å². The molecule has 3 aromatic rings. The topological polar surface area (TPSA) is 104 Å². The van der Waals surface area contributed by atoms with Gasteiger partial charge in [-0.25, -0.2) is 16.8 Å². The van der Waals surface area contributed by atoms with Crippen LogP contribution < -0.4 is 9.62 Å². The molecule has 0 bridgehead atoms. The Morgan fingerprint density at radius 2 is 1.39 bits per heavy atom. The van der Waals surface area contributed by atoms with E-state index in [0.29, 0.717) is 24.5 Å². The highest BCUT2D eigenvalue weighted by Crippen LogP contribution is 2.25. The molecular weight excluding hydrogens is 522 g/mol. The summed E-state index contributed by atoms with van der Waals surface area (Å²) in [5, 5.41) is 2.70. The summed E-state index contributed by atoms with van der Waals surface area (Å²) in [7, 11) is -7.62. The van der Waals surface area contributed by atoms with Gasteiger partial charge in [-0.3, -0.25) is 9.10 Å². The van der Waals surface area contributed by atoms with Crippen LogP contribution in [0.1, 0.15) is 38.2 Å². The number of aryl methyl sites for hydroxylation is 1. The van der Waals surface area contributed by atoms with Gasteiger partial charge in [0.1, 0.15) is 6.54 Å². The molecule has 10 heteroatoms. The molecule has 4 rings (SSSR count). The predicted octanol–water partition coefficient (Wildman–Crippen LogP) is 4.65. The van der Waals surface area contributed by atoms with Crippen LogP contribution in [0, 0.1) is 0 Å². The van der Waals surface area contributed by atoms with E-state index >= 15 is 0 Å². The summed E-state index contributed by atoms with van der Waals surface area (Å²) in [5.74, 6) is -0.549. The molecule has 1 N–H and O–H groups in total. The minimum absolute atomic E-state index is 0.0791. The summed E-state index contributed by atoms with van der Waals surface area (Å²) >= 11 is 0. The van der Waals surface area contributed by atoms with Crippen LogP contribution in [0.4, 0.5) is 11.4 Å². The zero-order valence-corrected chi connectivity index (χ0v) is 23.0. The number of hydrogen-bond donors (Lipinski definition) is 1. The molecule has 0 unspecified atom stereocenters. The van der Waals surface area contributed by atoms with Crippen LogP contribution in [0.2, 0.25) is 0 Å². The van der Waals surface area contributed by atoms with Crippen LogP contribution in [-0.2, 0) is 31.3 Å². The Morgan fingerprint density at radius 3 is 1.97 bits per heavy atom. The number of amides is 1. The SMILES string of the molecule is CCc1ccc(N(CC(=O)Nc2ccc(S(=O)(=O)N3CCCCCC3)cc2)S(=O)(=O)c2ccccc2)cc1. The van der Waals surface area contributed by atoms with Crippen molar-refractivity contribution >= 4 is 37.3 Å². The maximum Gasteiger partial charge on any atom is 0.264 e. The molecule has 1 aliphatic heterocycles. The first-order valence-electron chi connectivity index (χ1n) is 12.8. The van der Waals surface area contributed by atoms with Crippen LogP contribution in [0.15, 0.2) is 88.7 Å². The number of benzene rings is 3. The minimum atomic E-state index is -4.01. The molecule has 0 saturated carbocycles. The number of anilines is 2. The van der Waals surface area contributed by atoms with Gasteiger partial charge >= 0.3 is 0 Å². The summed E-state index contributed by atoms with van der Waals surface area (Å²) in [5.41, 5.74) is 1.80. The Morgan fingerprint density at radius 1 is 0.789 bits per heavy atom. The Balaban J connectivity index is 1.53. The van der Waals surface area contributed by atoms with Crippen molar-refractivity contribution in [2.24, 2.45) is 0 Å². The fourth-order valence-electron chi connectivity index (χ4n) is 4.40. The number of nitrogens with one attached hydrogen (secondary N) is 1. The molecule has 0 aromatic heterocycles. The maximum atomic E-state index is 13.5. The van der Waals surface area contributed by atoms with E-state index in [1.54, 1.807) is 30.3 Å². The molecule has 1 fully saturated rings. The molecule has 1 amide bonds. The molecule has 0 atom stereocenters. The summed E-state index contributed by atoms with van der Waals surface area (Å²) < 4.78 is 55.6. The van der Waals surface area contributed by atoms with Crippen LogP contribution in [0.25, 0.3) is 0 Å². The van der Waals surface area contributed by atoms with Crippen LogP contribution in [-0.4, -0.2) is 46.7 Å². The largest absolute Gasteiger partial charge is 0.325 e. The first-order valence-corrected chi connectivity index (χ1v) is 15.7.